The fourth-order valence-corrected chi connectivity index (χ4v) is 8.88. The summed E-state index contributed by atoms with van der Waals surface area (Å²) in [5, 5.41) is 4.27. The topological polar surface area (TPSA) is 204 Å². The molecule has 1 aliphatic heterocycles. The van der Waals surface area contributed by atoms with Crippen LogP contribution in [0.25, 0.3) is 0 Å². The zero-order valence-electron chi connectivity index (χ0n) is 45.9. The van der Waals surface area contributed by atoms with Gasteiger partial charge in [0.05, 0.1) is 6.54 Å². The Kier molecular flexibility index (Phi) is 22.4. The van der Waals surface area contributed by atoms with Crippen LogP contribution in [0.5, 0.6) is 0 Å². The monoisotopic (exact) mass is 1030 g/mol. The van der Waals surface area contributed by atoms with Crippen LogP contribution in [-0.4, -0.2) is 154 Å². The number of amides is 4. The van der Waals surface area contributed by atoms with Crippen LogP contribution in [0.2, 0.25) is 0 Å². The summed E-state index contributed by atoms with van der Waals surface area (Å²) >= 11 is 0. The molecule has 0 saturated carbocycles. The van der Waals surface area contributed by atoms with E-state index in [9.17, 15) is 38.4 Å². The summed E-state index contributed by atoms with van der Waals surface area (Å²) in [5.74, 6) is -7.27. The highest BCUT2D eigenvalue weighted by molar-refractivity contribution is 5.94. The van der Waals surface area contributed by atoms with Gasteiger partial charge in [0.2, 0.25) is 0 Å². The van der Waals surface area contributed by atoms with Gasteiger partial charge in [0.1, 0.15) is 24.2 Å². The van der Waals surface area contributed by atoms with E-state index in [1.54, 1.807) is 53.3 Å². The van der Waals surface area contributed by atoms with E-state index in [1.807, 2.05) is 79.8 Å². The molecule has 0 spiro atoms. The Labute approximate surface area is 437 Å². The van der Waals surface area contributed by atoms with Crippen molar-refractivity contribution in [1.82, 2.24) is 29.4 Å². The smallest absolute Gasteiger partial charge is 0.329 e. The van der Waals surface area contributed by atoms with Crippen LogP contribution in [0.1, 0.15) is 112 Å². The summed E-state index contributed by atoms with van der Waals surface area (Å²) in [6.07, 6.45) is -2.24. The minimum atomic E-state index is -1.52. The number of nitrogens with zero attached hydrogens (tertiary/aromatic N) is 6. The van der Waals surface area contributed by atoms with Gasteiger partial charge < -0.3 is 38.5 Å². The molecule has 0 aliphatic carbocycles. The van der Waals surface area contributed by atoms with Crippen molar-refractivity contribution in [2.45, 2.75) is 163 Å². The summed E-state index contributed by atoms with van der Waals surface area (Å²) < 4.78 is 25.7. The third-order valence-electron chi connectivity index (χ3n) is 13.1. The fraction of sp³-hybridized carbons (Fsp3) is 0.589. The third kappa shape index (κ3) is 17.0. The molecule has 18 heteroatoms. The Bertz CT molecular complexity index is 2340. The molecule has 2 heterocycles. The number of likely N-dealkylation sites (N-methyl/N-ethyl adjacent to an activating group) is 4. The SMILES string of the molecule is CC(C)CC1C(=O)O[C@H](C)C(=O)N(C)[C@@H](CC(C)C)C(=O)O[C@H](Cc2ccccc2)C(=O)N(C)[C@@H](CC(C)C)C(=O)O[C@H](C)C(=O)N(C)[C@@H](CC(C)C)C(=O)O[C@H](Cc2ccc(Cn3cccn3)cc2)C(=O)N1C. The van der Waals surface area contributed by atoms with Crippen LogP contribution in [-0.2, 0) is 76.7 Å². The Hall–Kier alpha value is -6.59. The molecule has 3 aromatic rings. The number of ether oxygens (including phenoxy) is 4. The summed E-state index contributed by atoms with van der Waals surface area (Å²) in [6, 6.07) is 13.0. The highest BCUT2D eigenvalue weighted by Crippen LogP contribution is 2.24. The number of cyclic esters (lactones) is 4. The van der Waals surface area contributed by atoms with Crippen molar-refractivity contribution in [3.05, 3.63) is 89.7 Å². The van der Waals surface area contributed by atoms with Gasteiger partial charge in [-0.2, -0.15) is 5.10 Å². The highest BCUT2D eigenvalue weighted by Gasteiger charge is 2.43. The van der Waals surface area contributed by atoms with Crippen molar-refractivity contribution in [2.24, 2.45) is 23.7 Å². The number of esters is 4. The Morgan fingerprint density at radius 2 is 0.757 bits per heavy atom. The second-order valence-electron chi connectivity index (χ2n) is 21.3. The first-order valence-corrected chi connectivity index (χ1v) is 25.8. The lowest BCUT2D eigenvalue weighted by atomic mass is 9.99. The maximum Gasteiger partial charge on any atom is 0.329 e. The third-order valence-corrected chi connectivity index (χ3v) is 13.1. The molecule has 1 aliphatic rings. The van der Waals surface area contributed by atoms with Crippen LogP contribution in [0.3, 0.4) is 0 Å². The zero-order valence-corrected chi connectivity index (χ0v) is 45.9. The minimum Gasteiger partial charge on any atom is -0.451 e. The molecular formula is C56H80N6O12. The molecule has 1 fully saturated rings. The number of hydrogen-bond donors (Lipinski definition) is 0. The quantitative estimate of drug-likeness (QED) is 0.136. The van der Waals surface area contributed by atoms with Gasteiger partial charge in [-0.15, -0.1) is 0 Å². The van der Waals surface area contributed by atoms with E-state index in [-0.39, 0.29) is 62.2 Å². The minimum absolute atomic E-state index is 0.0876. The second kappa shape index (κ2) is 27.6. The molecule has 1 unspecified atom stereocenters. The van der Waals surface area contributed by atoms with E-state index >= 15 is 0 Å². The molecule has 0 bridgehead atoms. The molecule has 1 aromatic heterocycles. The summed E-state index contributed by atoms with van der Waals surface area (Å²) in [6.45, 7) is 18.0. The summed E-state index contributed by atoms with van der Waals surface area (Å²) in [5.41, 5.74) is 2.19. The Morgan fingerprint density at radius 1 is 0.432 bits per heavy atom. The van der Waals surface area contributed by atoms with E-state index in [0.717, 1.165) is 25.2 Å². The van der Waals surface area contributed by atoms with Gasteiger partial charge in [-0.05, 0) is 86.0 Å². The largest absolute Gasteiger partial charge is 0.451 e. The van der Waals surface area contributed by atoms with E-state index in [2.05, 4.69) is 5.10 Å². The van der Waals surface area contributed by atoms with Gasteiger partial charge in [-0.25, -0.2) is 19.2 Å². The lowest BCUT2D eigenvalue weighted by Gasteiger charge is -2.35. The molecule has 8 atom stereocenters. The molecule has 18 nitrogen and oxygen atoms in total. The zero-order chi connectivity index (χ0) is 55.1. The van der Waals surface area contributed by atoms with Gasteiger partial charge in [0.15, 0.2) is 24.4 Å². The Balaban J connectivity index is 1.85. The first-order valence-electron chi connectivity index (χ1n) is 25.8. The summed E-state index contributed by atoms with van der Waals surface area (Å²) in [7, 11) is 5.57. The predicted octanol–water partition coefficient (Wildman–Crippen LogP) is 5.91. The van der Waals surface area contributed by atoms with E-state index in [0.29, 0.717) is 17.7 Å². The first-order chi connectivity index (χ1) is 34.8. The molecule has 0 radical (unpaired) electrons. The van der Waals surface area contributed by atoms with Gasteiger partial charge in [0, 0.05) is 53.4 Å². The average Bonchev–Trinajstić information content (AvgIpc) is 3.86. The number of hydrogen-bond acceptors (Lipinski definition) is 13. The van der Waals surface area contributed by atoms with Crippen LogP contribution in [0, 0.1) is 23.7 Å². The van der Waals surface area contributed by atoms with Crippen LogP contribution in [0.4, 0.5) is 0 Å². The van der Waals surface area contributed by atoms with E-state index in [4.69, 9.17) is 18.9 Å². The van der Waals surface area contributed by atoms with Crippen molar-refractivity contribution < 1.29 is 57.3 Å². The van der Waals surface area contributed by atoms with Crippen molar-refractivity contribution in [1.29, 1.82) is 0 Å². The van der Waals surface area contributed by atoms with Crippen LogP contribution in [0.15, 0.2) is 73.1 Å². The van der Waals surface area contributed by atoms with Gasteiger partial charge in [-0.1, -0.05) is 110 Å². The molecule has 0 N–H and O–H groups in total. The molecule has 406 valence electrons. The van der Waals surface area contributed by atoms with Crippen molar-refractivity contribution in [2.75, 3.05) is 28.2 Å². The highest BCUT2D eigenvalue weighted by atomic mass is 16.6. The molecule has 2 aromatic carbocycles. The molecule has 1 saturated heterocycles. The lowest BCUT2D eigenvalue weighted by molar-refractivity contribution is -0.176. The van der Waals surface area contributed by atoms with Crippen molar-refractivity contribution >= 4 is 47.5 Å². The number of carbonyl (C=O) groups is 8. The van der Waals surface area contributed by atoms with Crippen LogP contribution >= 0.6 is 0 Å². The standard InChI is InChI=1S/C56H80N6O12/c1-34(2)27-43-53(67)71-39(10)50(64)59(12)46(30-37(7)8)56(70)74-48(32-41-21-23-42(24-22-41)33-62-26-18-25-57-62)52(66)61(14)44(28-35(3)4)54(68)72-38(9)49(63)58(11)45(29-36(5)6)55(69)73-47(51(65)60(43)13)31-40-19-16-15-17-20-40/h15-26,34-39,43-48H,27-33H2,1-14H3/t38-,39-,43+,44?,45+,46+,47-,48-/m1/s1. The number of benzene rings is 2. The Morgan fingerprint density at radius 3 is 1.09 bits per heavy atom. The van der Waals surface area contributed by atoms with E-state index < -0.39 is 96.1 Å². The molecule has 4 amide bonds. The van der Waals surface area contributed by atoms with Crippen LogP contribution < -0.4 is 0 Å². The fourth-order valence-electron chi connectivity index (χ4n) is 8.88. The molecule has 74 heavy (non-hydrogen) atoms. The number of carbonyl (C=O) groups excluding carboxylic acids is 8. The maximum atomic E-state index is 14.9. The van der Waals surface area contributed by atoms with Crippen molar-refractivity contribution in [3.63, 3.8) is 0 Å². The second-order valence-corrected chi connectivity index (χ2v) is 21.3. The van der Waals surface area contributed by atoms with Gasteiger partial charge in [0.25, 0.3) is 23.6 Å². The lowest BCUT2D eigenvalue weighted by Crippen LogP contribution is -2.55. The molecular weight excluding hydrogens is 949 g/mol. The van der Waals surface area contributed by atoms with Gasteiger partial charge >= 0.3 is 23.9 Å². The average molecular weight is 1030 g/mol. The first kappa shape index (κ1) is 60.0. The number of aromatic nitrogens is 2. The predicted molar refractivity (Wildman–Crippen MR) is 277 cm³/mol. The van der Waals surface area contributed by atoms with Crippen molar-refractivity contribution in [3.8, 4) is 0 Å². The normalized spacial score (nSPS) is 24.1. The molecule has 4 rings (SSSR count). The summed E-state index contributed by atoms with van der Waals surface area (Å²) in [4.78, 5) is 121. The maximum absolute atomic E-state index is 14.9. The van der Waals surface area contributed by atoms with Gasteiger partial charge in [-0.3, -0.25) is 23.9 Å². The van der Waals surface area contributed by atoms with E-state index in [1.165, 1.54) is 42.0 Å². The number of rotatable bonds is 14.